The first kappa shape index (κ1) is 13.5. The zero-order valence-corrected chi connectivity index (χ0v) is 11.6. The van der Waals surface area contributed by atoms with E-state index in [0.29, 0.717) is 17.2 Å². The number of rotatable bonds is 3. The third-order valence-electron chi connectivity index (χ3n) is 3.52. The number of fused-ring (bicyclic) bond motifs is 1. The fourth-order valence-corrected chi connectivity index (χ4v) is 2.42. The first-order chi connectivity index (χ1) is 10.2. The number of hydrazine groups is 1. The van der Waals surface area contributed by atoms with Crippen LogP contribution in [-0.2, 0) is 9.63 Å². The van der Waals surface area contributed by atoms with E-state index in [2.05, 4.69) is 10.6 Å². The van der Waals surface area contributed by atoms with Crippen LogP contribution in [0, 0.1) is 5.92 Å². The van der Waals surface area contributed by atoms with Crippen LogP contribution in [0.15, 0.2) is 17.3 Å². The Kier molecular flexibility index (Phi) is 3.30. The van der Waals surface area contributed by atoms with Crippen LogP contribution in [-0.4, -0.2) is 25.5 Å². The van der Waals surface area contributed by atoms with Gasteiger partial charge in [-0.25, -0.2) is 5.84 Å². The number of nitrogens with two attached hydrogens (primary N) is 1. The Morgan fingerprint density at radius 3 is 3.00 bits per heavy atom. The van der Waals surface area contributed by atoms with E-state index in [1.807, 2.05) is 6.92 Å². The van der Waals surface area contributed by atoms with Crippen LogP contribution < -0.4 is 25.5 Å². The minimum Gasteiger partial charge on any atom is -0.493 e. The third kappa shape index (κ3) is 2.13. The van der Waals surface area contributed by atoms with Crippen molar-refractivity contribution in [2.75, 3.05) is 13.9 Å². The summed E-state index contributed by atoms with van der Waals surface area (Å²) in [4.78, 5) is 17.0. The van der Waals surface area contributed by atoms with Crippen molar-refractivity contribution in [1.82, 2.24) is 5.43 Å². The topological polar surface area (TPSA) is 104 Å². The zero-order valence-electron chi connectivity index (χ0n) is 11.6. The van der Waals surface area contributed by atoms with Gasteiger partial charge in [0, 0.05) is 5.56 Å². The number of benzene rings is 1. The van der Waals surface area contributed by atoms with E-state index < -0.39 is 12.0 Å². The molecule has 0 radical (unpaired) electrons. The van der Waals surface area contributed by atoms with Gasteiger partial charge in [-0.2, -0.15) is 0 Å². The second-order valence-corrected chi connectivity index (χ2v) is 4.72. The zero-order chi connectivity index (χ0) is 15.0. The van der Waals surface area contributed by atoms with Crippen molar-refractivity contribution in [2.45, 2.75) is 13.0 Å². The molecule has 2 aliphatic heterocycles. The summed E-state index contributed by atoms with van der Waals surface area (Å²) < 4.78 is 16.0. The summed E-state index contributed by atoms with van der Waals surface area (Å²) in [6.45, 7) is 1.98. The van der Waals surface area contributed by atoms with Crippen molar-refractivity contribution >= 4 is 11.6 Å². The molecule has 112 valence electrons. The SMILES string of the molecule is COc1cc([C@@H]2ON=C(C(=O)NN)[C@H]2C)cc2c1OCO2. The number of carbonyl (C=O) groups is 1. The molecule has 21 heavy (non-hydrogen) atoms. The second-order valence-electron chi connectivity index (χ2n) is 4.72. The number of carbonyl (C=O) groups excluding carboxylic acids is 1. The van der Waals surface area contributed by atoms with Crippen LogP contribution in [0.25, 0.3) is 0 Å². The van der Waals surface area contributed by atoms with Crippen molar-refractivity contribution in [3.8, 4) is 17.2 Å². The van der Waals surface area contributed by atoms with Crippen LogP contribution in [0.4, 0.5) is 0 Å². The summed E-state index contributed by atoms with van der Waals surface area (Å²) in [5.74, 6) is 6.11. The summed E-state index contributed by atoms with van der Waals surface area (Å²) in [5, 5.41) is 3.81. The molecule has 2 aliphatic rings. The van der Waals surface area contributed by atoms with Gasteiger partial charge < -0.3 is 19.0 Å². The summed E-state index contributed by atoms with van der Waals surface area (Å²) in [5.41, 5.74) is 3.09. The molecule has 3 N–H and O–H groups in total. The van der Waals surface area contributed by atoms with Gasteiger partial charge in [0.2, 0.25) is 12.5 Å². The predicted octanol–water partition coefficient (Wildman–Crippen LogP) is 0.477. The highest BCUT2D eigenvalue weighted by Gasteiger charge is 2.37. The van der Waals surface area contributed by atoms with Crippen molar-refractivity contribution in [1.29, 1.82) is 0 Å². The quantitative estimate of drug-likeness (QED) is 0.477. The number of oxime groups is 1. The van der Waals surface area contributed by atoms with Crippen molar-refractivity contribution < 1.29 is 23.8 Å². The fraction of sp³-hybridized carbons (Fsp3) is 0.385. The Hall–Kier alpha value is -2.48. The molecule has 3 rings (SSSR count). The molecule has 8 heteroatoms. The summed E-state index contributed by atoms with van der Waals surface area (Å²) in [6, 6.07) is 3.58. The first-order valence-corrected chi connectivity index (χ1v) is 6.38. The summed E-state index contributed by atoms with van der Waals surface area (Å²) in [6.07, 6.45) is -0.416. The van der Waals surface area contributed by atoms with Crippen LogP contribution >= 0.6 is 0 Å². The molecule has 0 aromatic heterocycles. The third-order valence-corrected chi connectivity index (χ3v) is 3.52. The van der Waals surface area contributed by atoms with Crippen LogP contribution in [0.2, 0.25) is 0 Å². The summed E-state index contributed by atoms with van der Waals surface area (Å²) in [7, 11) is 1.55. The van der Waals surface area contributed by atoms with Gasteiger partial charge in [-0.15, -0.1) is 0 Å². The predicted molar refractivity (Wildman–Crippen MR) is 71.9 cm³/mol. The lowest BCUT2D eigenvalue weighted by Gasteiger charge is -2.16. The Bertz CT molecular complexity index is 616. The van der Waals surface area contributed by atoms with Crippen LogP contribution in [0.3, 0.4) is 0 Å². The van der Waals surface area contributed by atoms with Gasteiger partial charge in [0.05, 0.1) is 13.0 Å². The molecule has 0 saturated heterocycles. The molecular formula is C13H15N3O5. The van der Waals surface area contributed by atoms with Gasteiger partial charge >= 0.3 is 0 Å². The normalized spacial score (nSPS) is 22.5. The molecule has 2 heterocycles. The monoisotopic (exact) mass is 293 g/mol. The average molecular weight is 293 g/mol. The maximum Gasteiger partial charge on any atom is 0.283 e. The summed E-state index contributed by atoms with van der Waals surface area (Å²) >= 11 is 0. The number of nitrogens with one attached hydrogen (secondary N) is 1. The number of methoxy groups -OCH3 is 1. The van der Waals surface area contributed by atoms with E-state index >= 15 is 0 Å². The van der Waals surface area contributed by atoms with Crippen LogP contribution in [0.1, 0.15) is 18.6 Å². The van der Waals surface area contributed by atoms with Crippen molar-refractivity contribution in [3.05, 3.63) is 17.7 Å². The molecule has 0 aliphatic carbocycles. The lowest BCUT2D eigenvalue weighted by molar-refractivity contribution is -0.115. The Morgan fingerprint density at radius 1 is 1.48 bits per heavy atom. The molecule has 8 nitrogen and oxygen atoms in total. The number of nitrogens with zero attached hydrogens (tertiary/aromatic N) is 1. The minimum atomic E-state index is -0.460. The first-order valence-electron chi connectivity index (χ1n) is 6.38. The molecule has 0 bridgehead atoms. The molecule has 1 aromatic carbocycles. The molecule has 0 saturated carbocycles. The molecule has 0 fully saturated rings. The fourth-order valence-electron chi connectivity index (χ4n) is 2.42. The maximum atomic E-state index is 11.6. The van der Waals surface area contributed by atoms with E-state index in [4.69, 9.17) is 24.9 Å². The van der Waals surface area contributed by atoms with Crippen molar-refractivity contribution in [3.63, 3.8) is 0 Å². The van der Waals surface area contributed by atoms with Crippen LogP contribution in [0.5, 0.6) is 17.2 Å². The Balaban J connectivity index is 1.91. The number of ether oxygens (including phenoxy) is 3. The van der Waals surface area contributed by atoms with E-state index in [1.165, 1.54) is 0 Å². The highest BCUT2D eigenvalue weighted by atomic mass is 16.7. The molecule has 1 aromatic rings. The molecular weight excluding hydrogens is 278 g/mol. The maximum absolute atomic E-state index is 11.6. The molecule has 1 amide bonds. The van der Waals surface area contributed by atoms with E-state index in [0.717, 1.165) is 5.56 Å². The molecule has 0 spiro atoms. The highest BCUT2D eigenvalue weighted by Crippen LogP contribution is 2.45. The second kappa shape index (κ2) is 5.13. The highest BCUT2D eigenvalue weighted by molar-refractivity contribution is 6.39. The number of hydrogen-bond donors (Lipinski definition) is 2. The number of amides is 1. The lowest BCUT2D eigenvalue weighted by Crippen LogP contribution is -2.38. The molecule has 2 atom stereocenters. The smallest absolute Gasteiger partial charge is 0.283 e. The lowest BCUT2D eigenvalue weighted by atomic mass is 9.93. The van der Waals surface area contributed by atoms with Gasteiger partial charge in [-0.3, -0.25) is 10.2 Å². The van der Waals surface area contributed by atoms with Gasteiger partial charge in [0.1, 0.15) is 0 Å². The average Bonchev–Trinajstić information content (AvgIpc) is 3.11. The largest absolute Gasteiger partial charge is 0.493 e. The van der Waals surface area contributed by atoms with E-state index in [1.54, 1.807) is 19.2 Å². The Morgan fingerprint density at radius 2 is 2.29 bits per heavy atom. The number of hydrogen-bond acceptors (Lipinski definition) is 7. The van der Waals surface area contributed by atoms with Gasteiger partial charge in [-0.1, -0.05) is 12.1 Å². The van der Waals surface area contributed by atoms with E-state index in [9.17, 15) is 4.79 Å². The van der Waals surface area contributed by atoms with Gasteiger partial charge in [0.25, 0.3) is 5.91 Å². The van der Waals surface area contributed by atoms with Gasteiger partial charge in [0.15, 0.2) is 23.3 Å². The van der Waals surface area contributed by atoms with Gasteiger partial charge in [-0.05, 0) is 12.1 Å². The van der Waals surface area contributed by atoms with E-state index in [-0.39, 0.29) is 18.4 Å². The standard InChI is InChI=1S/C13H15N3O5/c1-6-10(13(17)15-14)16-21-11(6)7-3-8(18-2)12-9(4-7)19-5-20-12/h3-4,6,11H,5,14H2,1-2H3,(H,15,17)/t6-,11-/m1/s1. The minimum absolute atomic E-state index is 0.146. The Labute approximate surface area is 120 Å². The van der Waals surface area contributed by atoms with Crippen molar-refractivity contribution in [2.24, 2.45) is 16.9 Å². The molecule has 0 unspecified atom stereocenters.